The Morgan fingerprint density at radius 2 is 1.78 bits per heavy atom. The number of amides is 1. The van der Waals surface area contributed by atoms with E-state index in [1.54, 1.807) is 35.7 Å². The van der Waals surface area contributed by atoms with Crippen molar-refractivity contribution in [2.45, 2.75) is 26.2 Å². The quantitative estimate of drug-likeness (QED) is 0.598. The lowest BCUT2D eigenvalue weighted by molar-refractivity contribution is 0.0781. The van der Waals surface area contributed by atoms with Crippen LogP contribution in [0.4, 0.5) is 4.39 Å². The van der Waals surface area contributed by atoms with Crippen LogP contribution in [-0.4, -0.2) is 39.2 Å². The Morgan fingerprint density at radius 1 is 1.07 bits per heavy atom. The standard InChI is InChI=1S/C21H23FN4O/c1-16-23-20(24-26(16)19-13-11-18(22)12-14-19)21(27)25(2)15-7-6-10-17-8-4-3-5-9-17/h3-5,8-9,11-14H,6-7,10,15H2,1-2H3. The molecule has 0 bridgehead atoms. The molecule has 0 N–H and O–H groups in total. The Balaban J connectivity index is 1.57. The number of nitrogens with zero attached hydrogens (tertiary/aromatic N) is 4. The zero-order chi connectivity index (χ0) is 19.2. The number of benzene rings is 2. The van der Waals surface area contributed by atoms with Crippen LogP contribution in [0.15, 0.2) is 54.6 Å². The predicted octanol–water partition coefficient (Wildman–Crippen LogP) is 3.81. The third-order valence-corrected chi connectivity index (χ3v) is 4.43. The van der Waals surface area contributed by atoms with E-state index in [4.69, 9.17) is 0 Å². The maximum absolute atomic E-state index is 13.1. The van der Waals surface area contributed by atoms with Crippen LogP contribution in [0.5, 0.6) is 0 Å². The van der Waals surface area contributed by atoms with Crippen LogP contribution in [-0.2, 0) is 6.42 Å². The van der Waals surface area contributed by atoms with Gasteiger partial charge in [-0.1, -0.05) is 30.3 Å². The highest BCUT2D eigenvalue weighted by Crippen LogP contribution is 2.12. The molecule has 0 radical (unpaired) electrons. The predicted molar refractivity (Wildman–Crippen MR) is 102 cm³/mol. The molecule has 0 aliphatic carbocycles. The van der Waals surface area contributed by atoms with E-state index >= 15 is 0 Å². The molecule has 5 nitrogen and oxygen atoms in total. The highest BCUT2D eigenvalue weighted by Gasteiger charge is 2.18. The number of hydrogen-bond acceptors (Lipinski definition) is 3. The first-order chi connectivity index (χ1) is 13.0. The zero-order valence-corrected chi connectivity index (χ0v) is 15.6. The lowest BCUT2D eigenvalue weighted by atomic mass is 10.1. The molecule has 0 fully saturated rings. The van der Waals surface area contributed by atoms with Crippen LogP contribution in [0.25, 0.3) is 5.69 Å². The third-order valence-electron chi connectivity index (χ3n) is 4.43. The van der Waals surface area contributed by atoms with E-state index in [2.05, 4.69) is 22.2 Å². The summed E-state index contributed by atoms with van der Waals surface area (Å²) >= 11 is 0. The first-order valence-electron chi connectivity index (χ1n) is 9.03. The van der Waals surface area contributed by atoms with Crippen LogP contribution in [0.3, 0.4) is 0 Å². The van der Waals surface area contributed by atoms with E-state index in [0.717, 1.165) is 19.3 Å². The van der Waals surface area contributed by atoms with Crippen molar-refractivity contribution >= 4 is 5.91 Å². The maximum Gasteiger partial charge on any atom is 0.293 e. The molecular formula is C21H23FN4O. The Labute approximate surface area is 158 Å². The first kappa shape index (κ1) is 18.8. The summed E-state index contributed by atoms with van der Waals surface area (Å²) in [5.41, 5.74) is 1.98. The van der Waals surface area contributed by atoms with Crippen molar-refractivity contribution in [2.24, 2.45) is 0 Å². The smallest absolute Gasteiger partial charge is 0.293 e. The minimum Gasteiger partial charge on any atom is -0.339 e. The molecule has 1 amide bonds. The molecule has 1 aromatic heterocycles. The minimum absolute atomic E-state index is 0.155. The average Bonchev–Trinajstić information content (AvgIpc) is 3.07. The second kappa shape index (κ2) is 8.58. The topological polar surface area (TPSA) is 51.0 Å². The number of carbonyl (C=O) groups is 1. The second-order valence-electron chi connectivity index (χ2n) is 6.54. The molecule has 0 aliphatic heterocycles. The molecular weight excluding hydrogens is 343 g/mol. The summed E-state index contributed by atoms with van der Waals surface area (Å²) in [5.74, 6) is 0.214. The maximum atomic E-state index is 13.1. The number of hydrogen-bond donors (Lipinski definition) is 0. The fourth-order valence-corrected chi connectivity index (χ4v) is 2.90. The number of halogens is 1. The van der Waals surface area contributed by atoms with Gasteiger partial charge >= 0.3 is 0 Å². The van der Waals surface area contributed by atoms with Gasteiger partial charge in [-0.05, 0) is 56.0 Å². The lowest BCUT2D eigenvalue weighted by Crippen LogP contribution is -2.28. The molecule has 1 heterocycles. The van der Waals surface area contributed by atoms with E-state index in [-0.39, 0.29) is 17.5 Å². The highest BCUT2D eigenvalue weighted by atomic mass is 19.1. The van der Waals surface area contributed by atoms with Gasteiger partial charge in [0.2, 0.25) is 5.82 Å². The SMILES string of the molecule is Cc1nc(C(=O)N(C)CCCCc2ccccc2)nn1-c1ccc(F)cc1. The van der Waals surface area contributed by atoms with Gasteiger partial charge in [0.15, 0.2) is 0 Å². The molecule has 0 spiro atoms. The van der Waals surface area contributed by atoms with Crippen LogP contribution in [0.2, 0.25) is 0 Å². The summed E-state index contributed by atoms with van der Waals surface area (Å²) < 4.78 is 14.6. The summed E-state index contributed by atoms with van der Waals surface area (Å²) in [5, 5.41) is 4.30. The molecule has 0 unspecified atom stereocenters. The summed E-state index contributed by atoms with van der Waals surface area (Å²) in [4.78, 5) is 18.5. The molecule has 0 saturated heterocycles. The zero-order valence-electron chi connectivity index (χ0n) is 15.6. The molecule has 6 heteroatoms. The Bertz CT molecular complexity index is 890. The second-order valence-corrected chi connectivity index (χ2v) is 6.54. The van der Waals surface area contributed by atoms with Crippen molar-refractivity contribution in [1.82, 2.24) is 19.7 Å². The van der Waals surface area contributed by atoms with Crippen molar-refractivity contribution in [3.05, 3.63) is 77.6 Å². The summed E-state index contributed by atoms with van der Waals surface area (Å²) in [6.45, 7) is 2.42. The largest absolute Gasteiger partial charge is 0.339 e. The Kier molecular flexibility index (Phi) is 5.96. The molecule has 0 saturated carbocycles. The number of unbranched alkanes of at least 4 members (excludes halogenated alkanes) is 1. The van der Waals surface area contributed by atoms with Gasteiger partial charge < -0.3 is 4.90 Å². The normalized spacial score (nSPS) is 10.8. The van der Waals surface area contributed by atoms with Crippen LogP contribution >= 0.6 is 0 Å². The van der Waals surface area contributed by atoms with Crippen molar-refractivity contribution in [2.75, 3.05) is 13.6 Å². The molecule has 0 atom stereocenters. The van der Waals surface area contributed by atoms with Crippen LogP contribution < -0.4 is 0 Å². The first-order valence-corrected chi connectivity index (χ1v) is 9.03. The molecule has 0 aliphatic rings. The van der Waals surface area contributed by atoms with Gasteiger partial charge in [0.25, 0.3) is 5.91 Å². The van der Waals surface area contributed by atoms with E-state index in [0.29, 0.717) is 18.1 Å². The van der Waals surface area contributed by atoms with E-state index in [1.807, 2.05) is 18.2 Å². The summed E-state index contributed by atoms with van der Waals surface area (Å²) in [7, 11) is 1.76. The average molecular weight is 366 g/mol. The fraction of sp³-hybridized carbons (Fsp3) is 0.286. The Hall–Kier alpha value is -3.02. The van der Waals surface area contributed by atoms with Gasteiger partial charge in [0.1, 0.15) is 11.6 Å². The van der Waals surface area contributed by atoms with Crippen molar-refractivity contribution < 1.29 is 9.18 Å². The molecule has 140 valence electrons. The summed E-state index contributed by atoms with van der Waals surface area (Å²) in [6, 6.07) is 16.3. The molecule has 3 aromatic rings. The van der Waals surface area contributed by atoms with Gasteiger partial charge in [0.05, 0.1) is 5.69 Å². The van der Waals surface area contributed by atoms with Crippen LogP contribution in [0, 0.1) is 12.7 Å². The summed E-state index contributed by atoms with van der Waals surface area (Å²) in [6.07, 6.45) is 2.92. The monoisotopic (exact) mass is 366 g/mol. The van der Waals surface area contributed by atoms with Gasteiger partial charge in [0, 0.05) is 13.6 Å². The number of carbonyl (C=O) groups excluding carboxylic acids is 1. The third kappa shape index (κ3) is 4.78. The number of rotatable bonds is 7. The van der Waals surface area contributed by atoms with Crippen molar-refractivity contribution in [3.8, 4) is 5.69 Å². The van der Waals surface area contributed by atoms with Gasteiger partial charge in [-0.3, -0.25) is 4.79 Å². The van der Waals surface area contributed by atoms with E-state index in [1.165, 1.54) is 17.7 Å². The van der Waals surface area contributed by atoms with Gasteiger partial charge in [-0.25, -0.2) is 14.1 Å². The minimum atomic E-state index is -0.317. The fourth-order valence-electron chi connectivity index (χ4n) is 2.90. The van der Waals surface area contributed by atoms with Crippen molar-refractivity contribution in [3.63, 3.8) is 0 Å². The van der Waals surface area contributed by atoms with Crippen LogP contribution in [0.1, 0.15) is 34.8 Å². The van der Waals surface area contributed by atoms with E-state index < -0.39 is 0 Å². The van der Waals surface area contributed by atoms with Gasteiger partial charge in [-0.15, -0.1) is 5.10 Å². The molecule has 27 heavy (non-hydrogen) atoms. The van der Waals surface area contributed by atoms with Gasteiger partial charge in [-0.2, -0.15) is 0 Å². The Morgan fingerprint density at radius 3 is 2.48 bits per heavy atom. The van der Waals surface area contributed by atoms with E-state index in [9.17, 15) is 9.18 Å². The number of aromatic nitrogens is 3. The highest BCUT2D eigenvalue weighted by molar-refractivity contribution is 5.90. The van der Waals surface area contributed by atoms with Crippen molar-refractivity contribution in [1.29, 1.82) is 0 Å². The lowest BCUT2D eigenvalue weighted by Gasteiger charge is -2.15. The number of aryl methyl sites for hydroxylation is 2. The molecule has 3 rings (SSSR count). The molecule has 2 aromatic carbocycles.